The SMILES string of the molecule is COC(=O)CN(C(=O)c1cc(Cl)cc(Cl)c1)C(C)C. The topological polar surface area (TPSA) is 46.6 Å². The molecule has 1 rings (SSSR count). The van der Waals surface area contributed by atoms with Gasteiger partial charge in [0.15, 0.2) is 0 Å². The summed E-state index contributed by atoms with van der Waals surface area (Å²) >= 11 is 11.7. The molecule has 0 fully saturated rings. The van der Waals surface area contributed by atoms with Crippen LogP contribution >= 0.6 is 23.2 Å². The summed E-state index contributed by atoms with van der Waals surface area (Å²) in [7, 11) is 1.28. The Kier molecular flexibility index (Phi) is 5.63. The summed E-state index contributed by atoms with van der Waals surface area (Å²) in [6.45, 7) is 3.51. The molecule has 0 unspecified atom stereocenters. The Labute approximate surface area is 122 Å². The van der Waals surface area contributed by atoms with Gasteiger partial charge in [-0.05, 0) is 32.0 Å². The summed E-state index contributed by atoms with van der Waals surface area (Å²) in [5.74, 6) is -0.792. The number of hydrogen-bond donors (Lipinski definition) is 0. The number of methoxy groups -OCH3 is 1. The van der Waals surface area contributed by atoms with Gasteiger partial charge in [0.25, 0.3) is 5.91 Å². The van der Waals surface area contributed by atoms with E-state index in [1.165, 1.54) is 24.1 Å². The fourth-order valence-corrected chi connectivity index (χ4v) is 2.06. The van der Waals surface area contributed by atoms with Gasteiger partial charge in [-0.3, -0.25) is 9.59 Å². The van der Waals surface area contributed by atoms with Crippen molar-refractivity contribution in [2.45, 2.75) is 19.9 Å². The second-order valence-electron chi connectivity index (χ2n) is 4.26. The average molecular weight is 304 g/mol. The molecule has 104 valence electrons. The highest BCUT2D eigenvalue weighted by Gasteiger charge is 2.22. The van der Waals surface area contributed by atoms with Gasteiger partial charge in [-0.15, -0.1) is 0 Å². The molecule has 0 aliphatic carbocycles. The van der Waals surface area contributed by atoms with Gasteiger partial charge in [-0.1, -0.05) is 23.2 Å². The standard InChI is InChI=1S/C13H15Cl2NO3/c1-8(2)16(7-12(17)19-3)13(18)9-4-10(14)6-11(15)5-9/h4-6,8H,7H2,1-3H3. The van der Waals surface area contributed by atoms with Crippen LogP contribution in [0.1, 0.15) is 24.2 Å². The number of rotatable bonds is 4. The smallest absolute Gasteiger partial charge is 0.325 e. The molecule has 0 bridgehead atoms. The Morgan fingerprint density at radius 3 is 2.16 bits per heavy atom. The van der Waals surface area contributed by atoms with Crippen molar-refractivity contribution in [1.82, 2.24) is 4.90 Å². The first-order valence-corrected chi connectivity index (χ1v) is 6.44. The van der Waals surface area contributed by atoms with Gasteiger partial charge >= 0.3 is 5.97 Å². The van der Waals surface area contributed by atoms with E-state index in [2.05, 4.69) is 4.74 Å². The van der Waals surface area contributed by atoms with Crippen LogP contribution in [0.25, 0.3) is 0 Å². The lowest BCUT2D eigenvalue weighted by Crippen LogP contribution is -2.41. The first-order valence-electron chi connectivity index (χ1n) is 5.69. The summed E-state index contributed by atoms with van der Waals surface area (Å²) in [5, 5.41) is 0.746. The van der Waals surface area contributed by atoms with Crippen LogP contribution in [-0.4, -0.2) is 36.5 Å². The molecule has 19 heavy (non-hydrogen) atoms. The summed E-state index contributed by atoms with van der Waals surface area (Å²) < 4.78 is 4.58. The average Bonchev–Trinajstić information content (AvgIpc) is 2.33. The maximum Gasteiger partial charge on any atom is 0.325 e. The Morgan fingerprint density at radius 1 is 1.21 bits per heavy atom. The fourth-order valence-electron chi connectivity index (χ4n) is 1.54. The lowest BCUT2D eigenvalue weighted by molar-refractivity contribution is -0.141. The lowest BCUT2D eigenvalue weighted by Gasteiger charge is -2.25. The number of carbonyl (C=O) groups excluding carboxylic acids is 2. The molecule has 0 spiro atoms. The Bertz CT molecular complexity index is 469. The van der Waals surface area contributed by atoms with E-state index in [0.29, 0.717) is 15.6 Å². The van der Waals surface area contributed by atoms with Crippen LogP contribution < -0.4 is 0 Å². The molecule has 1 aromatic rings. The van der Waals surface area contributed by atoms with Crippen LogP contribution in [0, 0.1) is 0 Å². The first-order chi connectivity index (χ1) is 8.85. The first kappa shape index (κ1) is 15.8. The molecule has 0 aliphatic heterocycles. The van der Waals surface area contributed by atoms with Gasteiger partial charge in [-0.2, -0.15) is 0 Å². The predicted octanol–water partition coefficient (Wildman–Crippen LogP) is 3.02. The highest BCUT2D eigenvalue weighted by Crippen LogP contribution is 2.20. The largest absolute Gasteiger partial charge is 0.468 e. The van der Waals surface area contributed by atoms with Crippen LogP contribution in [0.5, 0.6) is 0 Å². The lowest BCUT2D eigenvalue weighted by atomic mass is 10.1. The maximum absolute atomic E-state index is 12.3. The van der Waals surface area contributed by atoms with Gasteiger partial charge in [-0.25, -0.2) is 0 Å². The van der Waals surface area contributed by atoms with E-state index in [0.717, 1.165) is 0 Å². The van der Waals surface area contributed by atoms with Gasteiger partial charge < -0.3 is 9.64 Å². The van der Waals surface area contributed by atoms with E-state index in [1.807, 2.05) is 13.8 Å². The van der Waals surface area contributed by atoms with E-state index in [-0.39, 0.29) is 18.5 Å². The van der Waals surface area contributed by atoms with Crippen LogP contribution in [0.2, 0.25) is 10.0 Å². The third kappa shape index (κ3) is 4.40. The monoisotopic (exact) mass is 303 g/mol. The van der Waals surface area contributed by atoms with Crippen molar-refractivity contribution >= 4 is 35.1 Å². The third-order valence-electron chi connectivity index (χ3n) is 2.52. The summed E-state index contributed by atoms with van der Waals surface area (Å²) in [6.07, 6.45) is 0. The quantitative estimate of drug-likeness (QED) is 0.803. The molecule has 0 aliphatic rings. The number of carbonyl (C=O) groups is 2. The van der Waals surface area contributed by atoms with Crippen molar-refractivity contribution in [3.63, 3.8) is 0 Å². The Morgan fingerprint density at radius 2 is 1.74 bits per heavy atom. The Hall–Kier alpha value is -1.26. The minimum atomic E-state index is -0.477. The zero-order valence-corrected chi connectivity index (χ0v) is 12.5. The summed E-state index contributed by atoms with van der Waals surface area (Å²) in [4.78, 5) is 25.1. The van der Waals surface area contributed by atoms with E-state index < -0.39 is 5.97 Å². The van der Waals surface area contributed by atoms with Crippen molar-refractivity contribution in [2.24, 2.45) is 0 Å². The number of amides is 1. The van der Waals surface area contributed by atoms with E-state index in [1.54, 1.807) is 6.07 Å². The second-order valence-corrected chi connectivity index (χ2v) is 5.13. The molecule has 0 heterocycles. The van der Waals surface area contributed by atoms with Gasteiger partial charge in [0, 0.05) is 21.7 Å². The van der Waals surface area contributed by atoms with Gasteiger partial charge in [0.1, 0.15) is 6.54 Å². The molecule has 0 saturated carbocycles. The highest BCUT2D eigenvalue weighted by molar-refractivity contribution is 6.35. The number of esters is 1. The van der Waals surface area contributed by atoms with Crippen LogP contribution in [0.3, 0.4) is 0 Å². The van der Waals surface area contributed by atoms with Crippen molar-refractivity contribution in [3.05, 3.63) is 33.8 Å². The number of hydrogen-bond acceptors (Lipinski definition) is 3. The van der Waals surface area contributed by atoms with Crippen molar-refractivity contribution < 1.29 is 14.3 Å². The normalized spacial score (nSPS) is 10.4. The van der Waals surface area contributed by atoms with E-state index in [4.69, 9.17) is 23.2 Å². The zero-order chi connectivity index (χ0) is 14.6. The minimum absolute atomic E-state index is 0.114. The number of nitrogens with zero attached hydrogens (tertiary/aromatic N) is 1. The molecule has 1 aromatic carbocycles. The van der Waals surface area contributed by atoms with Gasteiger partial charge in [0.05, 0.1) is 7.11 Å². The molecule has 0 aromatic heterocycles. The van der Waals surface area contributed by atoms with Crippen LogP contribution in [-0.2, 0) is 9.53 Å². The molecule has 4 nitrogen and oxygen atoms in total. The minimum Gasteiger partial charge on any atom is -0.468 e. The maximum atomic E-state index is 12.3. The third-order valence-corrected chi connectivity index (χ3v) is 2.96. The molecule has 6 heteroatoms. The predicted molar refractivity (Wildman–Crippen MR) is 74.7 cm³/mol. The summed E-state index contributed by atoms with van der Waals surface area (Å²) in [5.41, 5.74) is 0.343. The summed E-state index contributed by atoms with van der Waals surface area (Å²) in [6, 6.07) is 4.43. The number of benzene rings is 1. The van der Waals surface area contributed by atoms with Crippen molar-refractivity contribution in [1.29, 1.82) is 0 Å². The highest BCUT2D eigenvalue weighted by atomic mass is 35.5. The molecule has 0 N–H and O–H groups in total. The van der Waals surface area contributed by atoms with Crippen molar-refractivity contribution in [2.75, 3.05) is 13.7 Å². The van der Waals surface area contributed by atoms with E-state index >= 15 is 0 Å². The van der Waals surface area contributed by atoms with Crippen LogP contribution in [0.15, 0.2) is 18.2 Å². The zero-order valence-electron chi connectivity index (χ0n) is 10.9. The molecule has 1 amide bonds. The van der Waals surface area contributed by atoms with Crippen molar-refractivity contribution in [3.8, 4) is 0 Å². The molecule has 0 saturated heterocycles. The molecular formula is C13H15Cl2NO3. The molecule has 0 atom stereocenters. The Balaban J connectivity index is 3.02. The van der Waals surface area contributed by atoms with Crippen LogP contribution in [0.4, 0.5) is 0 Å². The number of ether oxygens (including phenoxy) is 1. The second kappa shape index (κ2) is 6.78. The molecular weight excluding hydrogens is 289 g/mol. The fraction of sp³-hybridized carbons (Fsp3) is 0.385. The van der Waals surface area contributed by atoms with E-state index in [9.17, 15) is 9.59 Å². The van der Waals surface area contributed by atoms with Gasteiger partial charge in [0.2, 0.25) is 0 Å². The number of halogens is 2. The molecule has 0 radical (unpaired) electrons.